The molecule has 0 aliphatic rings. The lowest BCUT2D eigenvalue weighted by Gasteiger charge is -2.11. The summed E-state index contributed by atoms with van der Waals surface area (Å²) in [5.41, 5.74) is 0. The smallest absolute Gasteiger partial charge is 0.191 e. The van der Waals surface area contributed by atoms with Crippen LogP contribution in [-0.2, 0) is 0 Å². The minimum Gasteiger partial charge on any atom is -0.356 e. The fourth-order valence-corrected chi connectivity index (χ4v) is 2.72. The number of thioether (sulfide) groups is 2. The number of nitrogens with zero attached hydrogens (tertiary/aromatic N) is 1. The van der Waals surface area contributed by atoms with Crippen molar-refractivity contribution in [2.45, 2.75) is 11.3 Å². The van der Waals surface area contributed by atoms with E-state index in [1.165, 1.54) is 17.1 Å². The number of halogens is 1. The molecule has 6 heteroatoms. The molecule has 20 heavy (non-hydrogen) atoms. The quantitative estimate of drug-likeness (QED) is 0.220. The first-order valence-electron chi connectivity index (χ1n) is 6.48. The summed E-state index contributed by atoms with van der Waals surface area (Å²) in [6, 6.07) is 10.5. The maximum Gasteiger partial charge on any atom is 0.191 e. The van der Waals surface area contributed by atoms with Gasteiger partial charge in [0.05, 0.1) is 0 Å². The van der Waals surface area contributed by atoms with Crippen LogP contribution in [0.1, 0.15) is 6.42 Å². The first-order valence-corrected chi connectivity index (χ1v) is 8.86. The van der Waals surface area contributed by atoms with Crippen molar-refractivity contribution in [2.24, 2.45) is 4.99 Å². The highest BCUT2D eigenvalue weighted by atomic mass is 127. The second kappa shape index (κ2) is 13.9. The van der Waals surface area contributed by atoms with E-state index < -0.39 is 0 Å². The molecule has 0 spiro atoms. The molecule has 0 saturated carbocycles. The molecule has 1 rings (SSSR count). The molecule has 0 atom stereocenters. The van der Waals surface area contributed by atoms with Crippen LogP contribution in [0.2, 0.25) is 0 Å². The van der Waals surface area contributed by atoms with Crippen LogP contribution in [-0.4, -0.2) is 43.9 Å². The molecule has 1 aromatic carbocycles. The zero-order valence-electron chi connectivity index (χ0n) is 12.1. The van der Waals surface area contributed by atoms with Gasteiger partial charge < -0.3 is 10.6 Å². The summed E-state index contributed by atoms with van der Waals surface area (Å²) in [6.07, 6.45) is 3.30. The van der Waals surface area contributed by atoms with Crippen LogP contribution >= 0.6 is 47.5 Å². The van der Waals surface area contributed by atoms with Crippen LogP contribution in [0.4, 0.5) is 0 Å². The largest absolute Gasteiger partial charge is 0.356 e. The van der Waals surface area contributed by atoms with E-state index in [0.717, 1.165) is 24.8 Å². The second-order valence-electron chi connectivity index (χ2n) is 3.93. The van der Waals surface area contributed by atoms with Gasteiger partial charge in [-0.3, -0.25) is 4.99 Å². The number of rotatable bonds is 8. The molecule has 114 valence electrons. The van der Waals surface area contributed by atoms with Gasteiger partial charge in [0.25, 0.3) is 0 Å². The summed E-state index contributed by atoms with van der Waals surface area (Å²) in [4.78, 5) is 5.52. The van der Waals surface area contributed by atoms with E-state index in [-0.39, 0.29) is 24.0 Å². The fourth-order valence-electron chi connectivity index (χ4n) is 1.50. The van der Waals surface area contributed by atoms with E-state index in [1.54, 1.807) is 0 Å². The van der Waals surface area contributed by atoms with Gasteiger partial charge in [0.2, 0.25) is 0 Å². The van der Waals surface area contributed by atoms with Gasteiger partial charge in [-0.1, -0.05) is 18.2 Å². The third-order valence-electron chi connectivity index (χ3n) is 2.45. The minimum absolute atomic E-state index is 0. The minimum atomic E-state index is 0. The Morgan fingerprint density at radius 3 is 2.45 bits per heavy atom. The number of hydrogen-bond donors (Lipinski definition) is 2. The third-order valence-corrected chi connectivity index (χ3v) is 4.16. The summed E-state index contributed by atoms with van der Waals surface area (Å²) in [7, 11) is 1.81. The molecule has 0 saturated heterocycles. The van der Waals surface area contributed by atoms with Gasteiger partial charge in [-0.25, -0.2) is 0 Å². The molecule has 0 bridgehead atoms. The Bertz CT molecular complexity index is 361. The predicted octanol–water partition coefficient (Wildman–Crippen LogP) is 3.31. The molecule has 0 heterocycles. The highest BCUT2D eigenvalue weighted by Crippen LogP contribution is 2.15. The van der Waals surface area contributed by atoms with E-state index >= 15 is 0 Å². The Morgan fingerprint density at radius 2 is 1.80 bits per heavy atom. The van der Waals surface area contributed by atoms with Gasteiger partial charge >= 0.3 is 0 Å². The third kappa shape index (κ3) is 9.77. The summed E-state index contributed by atoms with van der Waals surface area (Å²) < 4.78 is 0. The lowest BCUT2D eigenvalue weighted by Crippen LogP contribution is -2.38. The van der Waals surface area contributed by atoms with Crippen molar-refractivity contribution in [1.29, 1.82) is 0 Å². The summed E-state index contributed by atoms with van der Waals surface area (Å²) in [6.45, 7) is 1.90. The van der Waals surface area contributed by atoms with Gasteiger partial charge in [0.15, 0.2) is 5.96 Å². The zero-order valence-corrected chi connectivity index (χ0v) is 16.1. The van der Waals surface area contributed by atoms with Crippen LogP contribution in [0, 0.1) is 0 Å². The molecular formula is C14H24IN3S2. The molecule has 0 radical (unpaired) electrons. The fraction of sp³-hybridized carbons (Fsp3) is 0.500. The van der Waals surface area contributed by atoms with E-state index in [9.17, 15) is 0 Å². The molecule has 0 aliphatic heterocycles. The Balaban J connectivity index is 0.00000361. The summed E-state index contributed by atoms with van der Waals surface area (Å²) in [5, 5.41) is 6.65. The number of nitrogens with one attached hydrogen (secondary N) is 2. The number of benzene rings is 1. The van der Waals surface area contributed by atoms with Crippen LogP contribution in [0.3, 0.4) is 0 Å². The van der Waals surface area contributed by atoms with Crippen molar-refractivity contribution in [2.75, 3.05) is 37.9 Å². The standard InChI is InChI=1S/C14H23N3S2.HI/c1-15-14(16-9-6-11-18-2)17-10-12-19-13-7-4-3-5-8-13;/h3-5,7-8H,6,9-12H2,1-2H3,(H2,15,16,17);1H. The van der Waals surface area contributed by atoms with Gasteiger partial charge in [-0.2, -0.15) is 11.8 Å². The molecule has 2 N–H and O–H groups in total. The first-order chi connectivity index (χ1) is 9.36. The second-order valence-corrected chi connectivity index (χ2v) is 6.09. The van der Waals surface area contributed by atoms with Gasteiger partial charge in [-0.05, 0) is 30.6 Å². The van der Waals surface area contributed by atoms with Crippen LogP contribution in [0.5, 0.6) is 0 Å². The summed E-state index contributed by atoms with van der Waals surface area (Å²) in [5.74, 6) is 3.12. The Hall–Kier alpha value is -0.0800. The van der Waals surface area contributed by atoms with Crippen LogP contribution in [0.15, 0.2) is 40.2 Å². The normalized spacial score (nSPS) is 10.8. The average Bonchev–Trinajstić information content (AvgIpc) is 2.46. The average molecular weight is 425 g/mol. The molecule has 0 aromatic heterocycles. The number of aliphatic imine (C=N–C) groups is 1. The molecule has 0 unspecified atom stereocenters. The SMILES string of the molecule is CN=C(NCCCSC)NCCSc1ccccc1.I. The summed E-state index contributed by atoms with van der Waals surface area (Å²) >= 11 is 3.73. The predicted molar refractivity (Wildman–Crippen MR) is 105 cm³/mol. The highest BCUT2D eigenvalue weighted by molar-refractivity contribution is 14.0. The zero-order chi connectivity index (χ0) is 13.8. The number of hydrogen-bond acceptors (Lipinski definition) is 3. The van der Waals surface area contributed by atoms with E-state index in [2.05, 4.69) is 46.1 Å². The Kier molecular flexibility index (Phi) is 13.8. The van der Waals surface area contributed by atoms with E-state index in [1.807, 2.05) is 36.6 Å². The molecule has 3 nitrogen and oxygen atoms in total. The van der Waals surface area contributed by atoms with Gasteiger partial charge in [0, 0.05) is 30.8 Å². The van der Waals surface area contributed by atoms with Crippen molar-refractivity contribution in [3.8, 4) is 0 Å². The molecular weight excluding hydrogens is 401 g/mol. The van der Waals surface area contributed by atoms with Crippen molar-refractivity contribution in [1.82, 2.24) is 10.6 Å². The van der Waals surface area contributed by atoms with Crippen molar-refractivity contribution in [3.63, 3.8) is 0 Å². The highest BCUT2D eigenvalue weighted by Gasteiger charge is 1.97. The molecule has 0 aliphatic carbocycles. The Morgan fingerprint density at radius 1 is 1.10 bits per heavy atom. The van der Waals surface area contributed by atoms with E-state index in [4.69, 9.17) is 0 Å². The molecule has 0 fully saturated rings. The number of guanidine groups is 1. The van der Waals surface area contributed by atoms with Crippen molar-refractivity contribution < 1.29 is 0 Å². The van der Waals surface area contributed by atoms with Crippen molar-refractivity contribution >= 4 is 53.5 Å². The topological polar surface area (TPSA) is 36.4 Å². The molecule has 1 aromatic rings. The lowest BCUT2D eigenvalue weighted by molar-refractivity contribution is 0.801. The maximum atomic E-state index is 4.21. The maximum absolute atomic E-state index is 4.21. The van der Waals surface area contributed by atoms with Crippen LogP contribution < -0.4 is 10.6 Å². The monoisotopic (exact) mass is 425 g/mol. The Labute approximate surface area is 148 Å². The molecule has 0 amide bonds. The van der Waals surface area contributed by atoms with E-state index in [0.29, 0.717) is 0 Å². The van der Waals surface area contributed by atoms with Gasteiger partial charge in [0.1, 0.15) is 0 Å². The van der Waals surface area contributed by atoms with Crippen molar-refractivity contribution in [3.05, 3.63) is 30.3 Å². The first kappa shape index (κ1) is 19.9. The lowest BCUT2D eigenvalue weighted by atomic mass is 10.4. The van der Waals surface area contributed by atoms with Crippen LogP contribution in [0.25, 0.3) is 0 Å². The van der Waals surface area contributed by atoms with Gasteiger partial charge in [-0.15, -0.1) is 35.7 Å².